The fourth-order valence-electron chi connectivity index (χ4n) is 3.08. The molecule has 0 fully saturated rings. The molecule has 0 aromatic heterocycles. The van der Waals surface area contributed by atoms with Gasteiger partial charge in [-0.1, -0.05) is 54.4 Å². The summed E-state index contributed by atoms with van der Waals surface area (Å²) in [5.74, 6) is 0.159. The van der Waals surface area contributed by atoms with E-state index in [1.165, 1.54) is 4.90 Å². The van der Waals surface area contributed by atoms with Crippen LogP contribution in [0.25, 0.3) is 0 Å². The highest BCUT2D eigenvalue weighted by molar-refractivity contribution is 6.42. The molecule has 2 aromatic carbocycles. The van der Waals surface area contributed by atoms with Crippen molar-refractivity contribution in [2.45, 2.75) is 52.7 Å². The van der Waals surface area contributed by atoms with E-state index in [1.807, 2.05) is 52.0 Å². The quantitative estimate of drug-likeness (QED) is 0.583. The first-order chi connectivity index (χ1) is 14.2. The summed E-state index contributed by atoms with van der Waals surface area (Å²) in [6.45, 7) is 7.61. The Morgan fingerprint density at radius 3 is 2.40 bits per heavy atom. The lowest BCUT2D eigenvalue weighted by atomic mass is 10.1. The molecule has 2 aromatic rings. The van der Waals surface area contributed by atoms with Crippen molar-refractivity contribution in [2.75, 3.05) is 6.61 Å². The second-order valence-corrected chi connectivity index (χ2v) is 8.23. The second-order valence-electron chi connectivity index (χ2n) is 7.41. The van der Waals surface area contributed by atoms with Crippen molar-refractivity contribution in [3.8, 4) is 5.75 Å². The molecule has 7 heteroatoms. The van der Waals surface area contributed by atoms with Gasteiger partial charge in [0.05, 0.1) is 10.0 Å². The zero-order valence-electron chi connectivity index (χ0n) is 17.7. The molecule has 0 aliphatic heterocycles. The number of hydrogen-bond acceptors (Lipinski definition) is 3. The number of carbonyl (C=O) groups is 2. The number of halogens is 2. The fraction of sp³-hybridized carbons (Fsp3) is 0.391. The van der Waals surface area contributed by atoms with E-state index in [1.54, 1.807) is 18.2 Å². The largest absolute Gasteiger partial charge is 0.484 e. The highest BCUT2D eigenvalue weighted by Crippen LogP contribution is 2.24. The van der Waals surface area contributed by atoms with Gasteiger partial charge in [-0.05, 0) is 56.5 Å². The number of hydrogen-bond donors (Lipinski definition) is 1. The van der Waals surface area contributed by atoms with E-state index >= 15 is 0 Å². The van der Waals surface area contributed by atoms with E-state index in [-0.39, 0.29) is 31.0 Å². The van der Waals surface area contributed by atoms with E-state index in [0.29, 0.717) is 22.2 Å². The molecule has 5 nitrogen and oxygen atoms in total. The van der Waals surface area contributed by atoms with Gasteiger partial charge in [-0.2, -0.15) is 0 Å². The van der Waals surface area contributed by atoms with Crippen LogP contribution in [0, 0.1) is 6.92 Å². The zero-order chi connectivity index (χ0) is 22.3. The van der Waals surface area contributed by atoms with Gasteiger partial charge in [0.15, 0.2) is 6.61 Å². The Kier molecular flexibility index (Phi) is 9.00. The lowest BCUT2D eigenvalue weighted by Crippen LogP contribution is -2.51. The number of aryl methyl sites for hydroxylation is 1. The number of ether oxygens (including phenoxy) is 1. The van der Waals surface area contributed by atoms with E-state index in [2.05, 4.69) is 5.32 Å². The highest BCUT2D eigenvalue weighted by Gasteiger charge is 2.29. The van der Waals surface area contributed by atoms with Gasteiger partial charge in [0.1, 0.15) is 11.8 Å². The van der Waals surface area contributed by atoms with Gasteiger partial charge >= 0.3 is 0 Å². The van der Waals surface area contributed by atoms with Crippen LogP contribution in [0.1, 0.15) is 38.3 Å². The molecular formula is C23H28Cl2N2O3. The van der Waals surface area contributed by atoms with Gasteiger partial charge < -0.3 is 15.0 Å². The summed E-state index contributed by atoms with van der Waals surface area (Å²) in [5.41, 5.74) is 1.72. The monoisotopic (exact) mass is 450 g/mol. The van der Waals surface area contributed by atoms with Crippen LogP contribution in [0.3, 0.4) is 0 Å². The number of nitrogens with one attached hydrogen (secondary N) is 1. The van der Waals surface area contributed by atoms with E-state index in [9.17, 15) is 9.59 Å². The highest BCUT2D eigenvalue weighted by atomic mass is 35.5. The molecule has 30 heavy (non-hydrogen) atoms. The van der Waals surface area contributed by atoms with Crippen molar-refractivity contribution >= 4 is 35.0 Å². The molecule has 1 atom stereocenters. The third kappa shape index (κ3) is 6.64. The van der Waals surface area contributed by atoms with Gasteiger partial charge in [-0.25, -0.2) is 0 Å². The normalized spacial score (nSPS) is 11.8. The minimum atomic E-state index is -0.630. The van der Waals surface area contributed by atoms with Crippen molar-refractivity contribution in [3.63, 3.8) is 0 Å². The molecule has 0 aliphatic rings. The van der Waals surface area contributed by atoms with E-state index in [0.717, 1.165) is 11.1 Å². The molecule has 0 bridgehead atoms. The molecule has 0 aliphatic carbocycles. The van der Waals surface area contributed by atoms with Crippen molar-refractivity contribution in [1.29, 1.82) is 0 Å². The summed E-state index contributed by atoms with van der Waals surface area (Å²) in [7, 11) is 0. The fourth-order valence-corrected chi connectivity index (χ4v) is 3.40. The summed E-state index contributed by atoms with van der Waals surface area (Å²) in [4.78, 5) is 27.5. The van der Waals surface area contributed by atoms with Crippen molar-refractivity contribution in [1.82, 2.24) is 10.2 Å². The third-order valence-electron chi connectivity index (χ3n) is 4.60. The molecule has 0 heterocycles. The van der Waals surface area contributed by atoms with Crippen LogP contribution >= 0.6 is 23.2 Å². The van der Waals surface area contributed by atoms with Crippen LogP contribution in [0.2, 0.25) is 10.0 Å². The van der Waals surface area contributed by atoms with Gasteiger partial charge in [0.2, 0.25) is 5.91 Å². The molecule has 0 saturated carbocycles. The Morgan fingerprint density at radius 1 is 1.10 bits per heavy atom. The van der Waals surface area contributed by atoms with Gasteiger partial charge in [0.25, 0.3) is 5.91 Å². The van der Waals surface area contributed by atoms with Crippen LogP contribution in [0.15, 0.2) is 42.5 Å². The molecular weight excluding hydrogens is 423 g/mol. The maximum atomic E-state index is 13.1. The van der Waals surface area contributed by atoms with Gasteiger partial charge in [-0.15, -0.1) is 0 Å². The number of nitrogens with zero attached hydrogens (tertiary/aromatic N) is 1. The predicted molar refractivity (Wildman–Crippen MR) is 121 cm³/mol. The number of carbonyl (C=O) groups excluding carboxylic acids is 2. The summed E-state index contributed by atoms with van der Waals surface area (Å²) >= 11 is 12.2. The van der Waals surface area contributed by atoms with Crippen LogP contribution in [-0.2, 0) is 16.1 Å². The Labute approximate surface area is 188 Å². The van der Waals surface area contributed by atoms with Crippen LogP contribution in [-0.4, -0.2) is 35.4 Å². The van der Waals surface area contributed by atoms with Crippen LogP contribution < -0.4 is 10.1 Å². The Morgan fingerprint density at radius 2 is 1.80 bits per heavy atom. The Balaban J connectivity index is 2.25. The average Bonchev–Trinajstić information content (AvgIpc) is 2.69. The maximum Gasteiger partial charge on any atom is 0.261 e. The molecule has 0 saturated heterocycles. The van der Waals surface area contributed by atoms with Crippen LogP contribution in [0.5, 0.6) is 5.75 Å². The first-order valence-electron chi connectivity index (χ1n) is 9.95. The van der Waals surface area contributed by atoms with E-state index < -0.39 is 6.04 Å². The third-order valence-corrected chi connectivity index (χ3v) is 5.34. The second kappa shape index (κ2) is 11.2. The number of rotatable bonds is 9. The van der Waals surface area contributed by atoms with Crippen molar-refractivity contribution in [3.05, 3.63) is 63.6 Å². The lowest BCUT2D eigenvalue weighted by molar-refractivity contribution is -0.143. The predicted octanol–water partition coefficient (Wildman–Crippen LogP) is 5.01. The zero-order valence-corrected chi connectivity index (χ0v) is 19.3. The van der Waals surface area contributed by atoms with Gasteiger partial charge in [0, 0.05) is 12.6 Å². The Bertz CT molecular complexity index is 887. The first kappa shape index (κ1) is 24.0. The van der Waals surface area contributed by atoms with Crippen molar-refractivity contribution < 1.29 is 14.3 Å². The minimum Gasteiger partial charge on any atom is -0.484 e. The maximum absolute atomic E-state index is 13.1. The summed E-state index contributed by atoms with van der Waals surface area (Å²) < 4.78 is 5.75. The average molecular weight is 451 g/mol. The molecule has 162 valence electrons. The summed E-state index contributed by atoms with van der Waals surface area (Å²) in [6, 6.07) is 12.0. The number of benzene rings is 2. The number of para-hydroxylation sites is 1. The number of amides is 2. The molecule has 2 amide bonds. The summed E-state index contributed by atoms with van der Waals surface area (Å²) in [5, 5.41) is 3.73. The van der Waals surface area contributed by atoms with Gasteiger partial charge in [-0.3, -0.25) is 9.59 Å². The lowest BCUT2D eigenvalue weighted by Gasteiger charge is -2.31. The smallest absolute Gasteiger partial charge is 0.261 e. The molecule has 0 unspecified atom stereocenters. The SMILES string of the molecule is CC[C@H](C(=O)NC(C)C)N(Cc1ccc(Cl)c(Cl)c1)C(=O)COc1ccccc1C. The first-order valence-corrected chi connectivity index (χ1v) is 10.7. The standard InChI is InChI=1S/C23H28Cl2N2O3/c1-5-20(23(29)26-15(2)3)27(13-17-10-11-18(24)19(25)12-17)22(28)14-30-21-9-7-6-8-16(21)4/h6-12,15,20H,5,13-14H2,1-4H3,(H,26,29)/t20-/m1/s1. The minimum absolute atomic E-state index is 0.0308. The van der Waals surface area contributed by atoms with E-state index in [4.69, 9.17) is 27.9 Å². The Hall–Kier alpha value is -2.24. The molecule has 0 spiro atoms. The van der Waals surface area contributed by atoms with Crippen LogP contribution in [0.4, 0.5) is 0 Å². The molecule has 2 rings (SSSR count). The molecule has 0 radical (unpaired) electrons. The summed E-state index contributed by atoms with van der Waals surface area (Å²) in [6.07, 6.45) is 0.468. The van der Waals surface area contributed by atoms with Crippen molar-refractivity contribution in [2.24, 2.45) is 0 Å². The molecule has 1 N–H and O–H groups in total. The topological polar surface area (TPSA) is 58.6 Å².